The Balaban J connectivity index is 1.67. The summed E-state index contributed by atoms with van der Waals surface area (Å²) in [6.45, 7) is 6.06. The quantitative estimate of drug-likeness (QED) is 0.722. The van der Waals surface area contributed by atoms with E-state index in [1.54, 1.807) is 6.20 Å². The molecule has 3 aromatic rings. The SMILES string of the molecule is Cc1cccc(Nc2cnc(C(=O)NC(C)c3ccccc3)cn2)c1C. The fraction of sp³-hybridized carbons (Fsp3) is 0.190. The lowest BCUT2D eigenvalue weighted by Gasteiger charge is -2.14. The maximum absolute atomic E-state index is 12.4. The van der Waals surface area contributed by atoms with E-state index in [0.29, 0.717) is 11.5 Å². The van der Waals surface area contributed by atoms with E-state index in [1.807, 2.05) is 49.4 Å². The second-order valence-corrected chi connectivity index (χ2v) is 6.27. The van der Waals surface area contributed by atoms with Crippen LogP contribution < -0.4 is 10.6 Å². The Morgan fingerprint density at radius 3 is 2.42 bits per heavy atom. The van der Waals surface area contributed by atoms with Crippen LogP contribution in [0.3, 0.4) is 0 Å². The second kappa shape index (κ2) is 7.78. The molecule has 1 unspecified atom stereocenters. The van der Waals surface area contributed by atoms with Gasteiger partial charge in [-0.3, -0.25) is 4.79 Å². The van der Waals surface area contributed by atoms with Crippen LogP contribution in [0.5, 0.6) is 0 Å². The van der Waals surface area contributed by atoms with Crippen molar-refractivity contribution >= 4 is 17.4 Å². The van der Waals surface area contributed by atoms with Crippen LogP contribution in [0.4, 0.5) is 11.5 Å². The number of anilines is 2. The predicted octanol–water partition coefficient (Wildman–Crippen LogP) is 4.33. The van der Waals surface area contributed by atoms with E-state index in [0.717, 1.165) is 16.8 Å². The van der Waals surface area contributed by atoms with Gasteiger partial charge in [-0.1, -0.05) is 42.5 Å². The first kappa shape index (κ1) is 17.6. The maximum Gasteiger partial charge on any atom is 0.271 e. The Morgan fingerprint density at radius 1 is 0.962 bits per heavy atom. The van der Waals surface area contributed by atoms with Gasteiger partial charge in [0.05, 0.1) is 18.4 Å². The molecule has 1 aromatic heterocycles. The number of rotatable bonds is 5. The summed E-state index contributed by atoms with van der Waals surface area (Å²) in [6, 6.07) is 15.8. The lowest BCUT2D eigenvalue weighted by atomic mass is 10.1. The number of benzene rings is 2. The minimum Gasteiger partial charge on any atom is -0.344 e. The molecule has 0 radical (unpaired) electrons. The fourth-order valence-corrected chi connectivity index (χ4v) is 2.63. The van der Waals surface area contributed by atoms with Gasteiger partial charge in [0.15, 0.2) is 0 Å². The van der Waals surface area contributed by atoms with Crippen molar-refractivity contribution in [2.24, 2.45) is 0 Å². The van der Waals surface area contributed by atoms with Crippen LogP contribution in [0.15, 0.2) is 60.9 Å². The summed E-state index contributed by atoms with van der Waals surface area (Å²) in [7, 11) is 0. The van der Waals surface area contributed by atoms with E-state index < -0.39 is 0 Å². The molecule has 5 nitrogen and oxygen atoms in total. The molecule has 2 N–H and O–H groups in total. The first-order valence-electron chi connectivity index (χ1n) is 8.55. The molecule has 0 bridgehead atoms. The van der Waals surface area contributed by atoms with Gasteiger partial charge in [-0.25, -0.2) is 9.97 Å². The van der Waals surface area contributed by atoms with E-state index in [4.69, 9.17) is 0 Å². The maximum atomic E-state index is 12.4. The third-order valence-electron chi connectivity index (χ3n) is 4.40. The average Bonchev–Trinajstić information content (AvgIpc) is 2.66. The summed E-state index contributed by atoms with van der Waals surface area (Å²) >= 11 is 0. The molecule has 0 aliphatic carbocycles. The van der Waals surface area contributed by atoms with Crippen LogP contribution in [-0.4, -0.2) is 15.9 Å². The highest BCUT2D eigenvalue weighted by atomic mass is 16.1. The topological polar surface area (TPSA) is 66.9 Å². The predicted molar refractivity (Wildman–Crippen MR) is 104 cm³/mol. The molecule has 1 amide bonds. The largest absolute Gasteiger partial charge is 0.344 e. The first-order valence-corrected chi connectivity index (χ1v) is 8.55. The van der Waals surface area contributed by atoms with Crippen LogP contribution in [0, 0.1) is 13.8 Å². The van der Waals surface area contributed by atoms with Gasteiger partial charge < -0.3 is 10.6 Å². The Labute approximate surface area is 153 Å². The molecule has 0 saturated heterocycles. The van der Waals surface area contributed by atoms with Crippen molar-refractivity contribution in [3.8, 4) is 0 Å². The number of amides is 1. The van der Waals surface area contributed by atoms with E-state index >= 15 is 0 Å². The van der Waals surface area contributed by atoms with E-state index in [1.165, 1.54) is 11.8 Å². The van der Waals surface area contributed by atoms with Crippen molar-refractivity contribution in [2.75, 3.05) is 5.32 Å². The third kappa shape index (κ3) is 4.06. The highest BCUT2D eigenvalue weighted by Gasteiger charge is 2.13. The van der Waals surface area contributed by atoms with Gasteiger partial charge in [-0.15, -0.1) is 0 Å². The minimum atomic E-state index is -0.243. The van der Waals surface area contributed by atoms with Crippen molar-refractivity contribution in [3.63, 3.8) is 0 Å². The third-order valence-corrected chi connectivity index (χ3v) is 4.40. The monoisotopic (exact) mass is 346 g/mol. The molecule has 3 rings (SSSR count). The van der Waals surface area contributed by atoms with E-state index in [2.05, 4.69) is 40.5 Å². The van der Waals surface area contributed by atoms with Crippen LogP contribution >= 0.6 is 0 Å². The summed E-state index contributed by atoms with van der Waals surface area (Å²) in [4.78, 5) is 20.9. The lowest BCUT2D eigenvalue weighted by Crippen LogP contribution is -2.27. The van der Waals surface area contributed by atoms with Crippen molar-refractivity contribution in [2.45, 2.75) is 26.8 Å². The van der Waals surface area contributed by atoms with Crippen LogP contribution in [0.25, 0.3) is 0 Å². The Kier molecular flexibility index (Phi) is 5.27. The number of nitrogens with zero attached hydrogens (tertiary/aromatic N) is 2. The van der Waals surface area contributed by atoms with Crippen molar-refractivity contribution in [1.82, 2.24) is 15.3 Å². The van der Waals surface area contributed by atoms with Gasteiger partial charge in [0.1, 0.15) is 11.5 Å². The molecule has 2 aromatic carbocycles. The van der Waals surface area contributed by atoms with E-state index in [-0.39, 0.29) is 11.9 Å². The van der Waals surface area contributed by atoms with Gasteiger partial charge in [-0.05, 0) is 43.5 Å². The normalized spacial score (nSPS) is 11.7. The number of hydrogen-bond donors (Lipinski definition) is 2. The zero-order chi connectivity index (χ0) is 18.5. The minimum absolute atomic E-state index is 0.0988. The second-order valence-electron chi connectivity index (χ2n) is 6.27. The molecule has 0 aliphatic rings. The van der Waals surface area contributed by atoms with Gasteiger partial charge in [0.25, 0.3) is 5.91 Å². The molecule has 0 spiro atoms. The molecule has 0 aliphatic heterocycles. The molecule has 1 heterocycles. The van der Waals surface area contributed by atoms with Gasteiger partial charge in [0, 0.05) is 5.69 Å². The summed E-state index contributed by atoms with van der Waals surface area (Å²) in [5.74, 6) is 0.360. The molecule has 0 fully saturated rings. The Morgan fingerprint density at radius 2 is 1.73 bits per heavy atom. The molecule has 5 heteroatoms. The smallest absolute Gasteiger partial charge is 0.271 e. The summed E-state index contributed by atoms with van der Waals surface area (Å²) in [5, 5.41) is 6.18. The summed E-state index contributed by atoms with van der Waals surface area (Å²) in [6.07, 6.45) is 3.06. The number of nitrogens with one attached hydrogen (secondary N) is 2. The zero-order valence-corrected chi connectivity index (χ0v) is 15.2. The number of carbonyl (C=O) groups excluding carboxylic acids is 1. The number of aryl methyl sites for hydroxylation is 1. The van der Waals surface area contributed by atoms with E-state index in [9.17, 15) is 4.79 Å². The highest BCUT2D eigenvalue weighted by molar-refractivity contribution is 5.92. The molecule has 26 heavy (non-hydrogen) atoms. The lowest BCUT2D eigenvalue weighted by molar-refractivity contribution is 0.0934. The van der Waals surface area contributed by atoms with Gasteiger partial charge >= 0.3 is 0 Å². The van der Waals surface area contributed by atoms with Crippen molar-refractivity contribution < 1.29 is 4.79 Å². The standard InChI is InChI=1S/C21H22N4O/c1-14-8-7-11-18(15(14)2)25-20-13-22-19(12-23-20)21(26)24-16(3)17-9-5-4-6-10-17/h4-13,16H,1-3H3,(H,23,25)(H,24,26). The van der Waals surface area contributed by atoms with Crippen molar-refractivity contribution in [1.29, 1.82) is 0 Å². The highest BCUT2D eigenvalue weighted by Crippen LogP contribution is 2.21. The average molecular weight is 346 g/mol. The molecule has 132 valence electrons. The number of aromatic nitrogens is 2. The summed E-state index contributed by atoms with van der Waals surface area (Å²) < 4.78 is 0. The zero-order valence-electron chi connectivity index (χ0n) is 15.2. The number of hydrogen-bond acceptors (Lipinski definition) is 4. The molecule has 0 saturated carbocycles. The van der Waals surface area contributed by atoms with Crippen molar-refractivity contribution in [3.05, 3.63) is 83.3 Å². The summed E-state index contributed by atoms with van der Waals surface area (Å²) in [5.41, 5.74) is 4.68. The number of carbonyl (C=O) groups is 1. The van der Waals surface area contributed by atoms with Crippen LogP contribution in [0.1, 0.15) is 40.1 Å². The first-order chi connectivity index (χ1) is 12.5. The van der Waals surface area contributed by atoms with Crippen LogP contribution in [-0.2, 0) is 0 Å². The van der Waals surface area contributed by atoms with Gasteiger partial charge in [-0.2, -0.15) is 0 Å². The fourth-order valence-electron chi connectivity index (χ4n) is 2.63. The molecular weight excluding hydrogens is 324 g/mol. The van der Waals surface area contributed by atoms with Crippen LogP contribution in [0.2, 0.25) is 0 Å². The van der Waals surface area contributed by atoms with Gasteiger partial charge in [0.2, 0.25) is 0 Å². The Bertz CT molecular complexity index is 892. The molecule has 1 atom stereocenters. The Hall–Kier alpha value is -3.21. The molecular formula is C21H22N4O.